The van der Waals surface area contributed by atoms with Gasteiger partial charge in [-0.1, -0.05) is 13.0 Å². The number of rotatable bonds is 7. The van der Waals surface area contributed by atoms with E-state index in [-0.39, 0.29) is 0 Å². The van der Waals surface area contributed by atoms with Crippen molar-refractivity contribution in [2.75, 3.05) is 13.7 Å². The minimum atomic E-state index is 0.381. The molecule has 0 amide bonds. The molecule has 0 atom stereocenters. The summed E-state index contributed by atoms with van der Waals surface area (Å²) in [6.07, 6.45) is 5.17. The van der Waals surface area contributed by atoms with Gasteiger partial charge in [0, 0.05) is 12.1 Å². The Kier molecular flexibility index (Phi) is 4.70. The number of nitrogens with one attached hydrogen (secondary N) is 1. The summed E-state index contributed by atoms with van der Waals surface area (Å²) in [5.74, 6) is 1.64. The van der Waals surface area contributed by atoms with E-state index in [4.69, 9.17) is 9.47 Å². The third-order valence-electron chi connectivity index (χ3n) is 4.18. The molecule has 1 aliphatic carbocycles. The predicted molar refractivity (Wildman–Crippen MR) is 77.9 cm³/mol. The molecular formula is C16H25NO2. The molecule has 1 aliphatic rings. The third-order valence-corrected chi connectivity index (χ3v) is 4.18. The van der Waals surface area contributed by atoms with Crippen LogP contribution in [-0.4, -0.2) is 19.3 Å². The van der Waals surface area contributed by atoms with Gasteiger partial charge in [0.1, 0.15) is 0 Å². The lowest BCUT2D eigenvalue weighted by Crippen LogP contribution is -2.49. The molecule has 0 unspecified atom stereocenters. The smallest absolute Gasteiger partial charge is 0.161 e. The lowest BCUT2D eigenvalue weighted by atomic mass is 9.75. The molecule has 0 saturated heterocycles. The van der Waals surface area contributed by atoms with E-state index in [0.717, 1.165) is 18.0 Å². The van der Waals surface area contributed by atoms with Crippen LogP contribution in [0, 0.1) is 0 Å². The van der Waals surface area contributed by atoms with Gasteiger partial charge in [0.2, 0.25) is 0 Å². The molecule has 3 heteroatoms. The molecule has 2 rings (SSSR count). The predicted octanol–water partition coefficient (Wildman–Crippen LogP) is 3.52. The molecule has 1 N–H and O–H groups in total. The standard InChI is InChI=1S/C16H25NO2/c1-4-16(9-6-10-16)17-12-13-7-8-14(19-5-2)15(11-13)18-3/h7-8,11,17H,4-6,9-10,12H2,1-3H3. The molecule has 1 saturated carbocycles. The van der Waals surface area contributed by atoms with Crippen LogP contribution in [0.1, 0.15) is 45.1 Å². The fourth-order valence-electron chi connectivity index (χ4n) is 2.65. The zero-order valence-electron chi connectivity index (χ0n) is 12.3. The van der Waals surface area contributed by atoms with Crippen LogP contribution in [0.15, 0.2) is 18.2 Å². The maximum absolute atomic E-state index is 5.54. The lowest BCUT2D eigenvalue weighted by molar-refractivity contribution is 0.175. The van der Waals surface area contributed by atoms with Crippen molar-refractivity contribution in [1.29, 1.82) is 0 Å². The van der Waals surface area contributed by atoms with Crippen molar-refractivity contribution < 1.29 is 9.47 Å². The largest absolute Gasteiger partial charge is 0.493 e. The highest BCUT2D eigenvalue weighted by Crippen LogP contribution is 2.35. The molecular weight excluding hydrogens is 238 g/mol. The van der Waals surface area contributed by atoms with Crippen LogP contribution in [0.4, 0.5) is 0 Å². The molecule has 1 aromatic carbocycles. The SMILES string of the molecule is CCOc1ccc(CNC2(CC)CCC2)cc1OC. The van der Waals surface area contributed by atoms with Crippen LogP contribution >= 0.6 is 0 Å². The Hall–Kier alpha value is -1.22. The first-order valence-corrected chi connectivity index (χ1v) is 7.28. The van der Waals surface area contributed by atoms with Gasteiger partial charge >= 0.3 is 0 Å². The molecule has 19 heavy (non-hydrogen) atoms. The Morgan fingerprint density at radius 1 is 1.21 bits per heavy atom. The highest BCUT2D eigenvalue weighted by atomic mass is 16.5. The van der Waals surface area contributed by atoms with Gasteiger partial charge in [0.05, 0.1) is 13.7 Å². The average molecular weight is 263 g/mol. The molecule has 1 aromatic rings. The number of hydrogen-bond acceptors (Lipinski definition) is 3. The number of benzene rings is 1. The first-order chi connectivity index (χ1) is 9.23. The Morgan fingerprint density at radius 3 is 2.53 bits per heavy atom. The summed E-state index contributed by atoms with van der Waals surface area (Å²) in [6.45, 7) is 5.81. The van der Waals surface area contributed by atoms with Crippen molar-refractivity contribution in [3.05, 3.63) is 23.8 Å². The first kappa shape index (κ1) is 14.2. The summed E-state index contributed by atoms with van der Waals surface area (Å²) in [7, 11) is 1.69. The van der Waals surface area contributed by atoms with E-state index >= 15 is 0 Å². The van der Waals surface area contributed by atoms with Crippen molar-refractivity contribution in [3.63, 3.8) is 0 Å². The van der Waals surface area contributed by atoms with E-state index < -0.39 is 0 Å². The Morgan fingerprint density at radius 2 is 2.00 bits per heavy atom. The summed E-state index contributed by atoms with van der Waals surface area (Å²) in [6, 6.07) is 6.18. The fourth-order valence-corrected chi connectivity index (χ4v) is 2.65. The summed E-state index contributed by atoms with van der Waals surface area (Å²) in [4.78, 5) is 0. The molecule has 0 heterocycles. The summed E-state index contributed by atoms with van der Waals surface area (Å²) in [5, 5.41) is 3.70. The maximum atomic E-state index is 5.54. The van der Waals surface area contributed by atoms with Crippen molar-refractivity contribution in [2.45, 2.75) is 51.6 Å². The second-order valence-electron chi connectivity index (χ2n) is 5.26. The minimum absolute atomic E-state index is 0.381. The van der Waals surface area contributed by atoms with Gasteiger partial charge in [-0.3, -0.25) is 0 Å². The van der Waals surface area contributed by atoms with Crippen LogP contribution in [-0.2, 0) is 6.54 Å². The second kappa shape index (κ2) is 6.29. The van der Waals surface area contributed by atoms with E-state index in [9.17, 15) is 0 Å². The summed E-state index contributed by atoms with van der Waals surface area (Å²) >= 11 is 0. The zero-order valence-corrected chi connectivity index (χ0v) is 12.3. The fraction of sp³-hybridized carbons (Fsp3) is 0.625. The van der Waals surface area contributed by atoms with Crippen LogP contribution in [0.5, 0.6) is 11.5 Å². The van der Waals surface area contributed by atoms with Crippen molar-refractivity contribution in [3.8, 4) is 11.5 Å². The lowest BCUT2D eigenvalue weighted by Gasteiger charge is -2.42. The minimum Gasteiger partial charge on any atom is -0.493 e. The number of methoxy groups -OCH3 is 1. The Labute approximate surface area is 116 Å². The molecule has 0 radical (unpaired) electrons. The molecule has 3 nitrogen and oxygen atoms in total. The van der Waals surface area contributed by atoms with E-state index in [0.29, 0.717) is 12.1 Å². The molecule has 0 aromatic heterocycles. The molecule has 0 spiro atoms. The van der Waals surface area contributed by atoms with Gasteiger partial charge in [-0.15, -0.1) is 0 Å². The van der Waals surface area contributed by atoms with Crippen molar-refractivity contribution in [1.82, 2.24) is 5.32 Å². The Bertz CT molecular complexity index is 408. The second-order valence-corrected chi connectivity index (χ2v) is 5.26. The van der Waals surface area contributed by atoms with E-state index in [2.05, 4.69) is 24.4 Å². The maximum Gasteiger partial charge on any atom is 0.161 e. The quantitative estimate of drug-likeness (QED) is 0.816. The van der Waals surface area contributed by atoms with E-state index in [1.54, 1.807) is 7.11 Å². The van der Waals surface area contributed by atoms with Crippen LogP contribution in [0.2, 0.25) is 0 Å². The van der Waals surface area contributed by atoms with Crippen molar-refractivity contribution in [2.24, 2.45) is 0 Å². The Balaban J connectivity index is 2.00. The first-order valence-electron chi connectivity index (χ1n) is 7.28. The molecule has 1 fully saturated rings. The zero-order chi connectivity index (χ0) is 13.7. The molecule has 0 aliphatic heterocycles. The highest BCUT2D eigenvalue weighted by Gasteiger charge is 2.34. The monoisotopic (exact) mass is 263 g/mol. The third kappa shape index (κ3) is 3.21. The summed E-state index contributed by atoms with van der Waals surface area (Å²) in [5.41, 5.74) is 1.63. The normalized spacial score (nSPS) is 16.8. The number of hydrogen-bond donors (Lipinski definition) is 1. The highest BCUT2D eigenvalue weighted by molar-refractivity contribution is 5.43. The van der Waals surface area contributed by atoms with Gasteiger partial charge in [-0.2, -0.15) is 0 Å². The van der Waals surface area contributed by atoms with Gasteiger partial charge < -0.3 is 14.8 Å². The number of ether oxygens (including phenoxy) is 2. The van der Waals surface area contributed by atoms with Gasteiger partial charge in [-0.25, -0.2) is 0 Å². The molecule has 106 valence electrons. The van der Waals surface area contributed by atoms with Crippen molar-refractivity contribution >= 4 is 0 Å². The van der Waals surface area contributed by atoms with Gasteiger partial charge in [-0.05, 0) is 50.3 Å². The van der Waals surface area contributed by atoms with Crippen LogP contribution < -0.4 is 14.8 Å². The summed E-state index contributed by atoms with van der Waals surface area (Å²) < 4.78 is 10.9. The van der Waals surface area contributed by atoms with Crippen LogP contribution in [0.3, 0.4) is 0 Å². The molecule has 0 bridgehead atoms. The topological polar surface area (TPSA) is 30.5 Å². The van der Waals surface area contributed by atoms with Crippen LogP contribution in [0.25, 0.3) is 0 Å². The van der Waals surface area contributed by atoms with Gasteiger partial charge in [0.15, 0.2) is 11.5 Å². The average Bonchev–Trinajstić information content (AvgIpc) is 2.39. The van der Waals surface area contributed by atoms with E-state index in [1.807, 2.05) is 13.0 Å². The van der Waals surface area contributed by atoms with Gasteiger partial charge in [0.25, 0.3) is 0 Å². The van der Waals surface area contributed by atoms with E-state index in [1.165, 1.54) is 31.2 Å².